The SMILES string of the molecule is O=[N+]([O-])c1ccc(C(C=CBr)c2ccc(-c3ccc(Cl)cc3)cc2)cc1. The van der Waals surface area contributed by atoms with E-state index < -0.39 is 0 Å². The smallest absolute Gasteiger partial charge is 0.258 e. The van der Waals surface area contributed by atoms with E-state index >= 15 is 0 Å². The largest absolute Gasteiger partial charge is 0.269 e. The molecule has 0 aliphatic carbocycles. The predicted molar refractivity (Wildman–Crippen MR) is 110 cm³/mol. The number of hydrogen-bond donors (Lipinski definition) is 0. The number of rotatable bonds is 5. The van der Waals surface area contributed by atoms with Gasteiger partial charge in [0.1, 0.15) is 0 Å². The van der Waals surface area contributed by atoms with Gasteiger partial charge in [-0.3, -0.25) is 10.1 Å². The molecule has 0 aliphatic heterocycles. The summed E-state index contributed by atoms with van der Waals surface area (Å²) in [6, 6.07) is 22.7. The van der Waals surface area contributed by atoms with Gasteiger partial charge in [-0.25, -0.2) is 0 Å². The highest BCUT2D eigenvalue weighted by atomic mass is 79.9. The van der Waals surface area contributed by atoms with Gasteiger partial charge in [0, 0.05) is 23.1 Å². The highest BCUT2D eigenvalue weighted by Gasteiger charge is 2.13. The van der Waals surface area contributed by atoms with Gasteiger partial charge in [0.25, 0.3) is 5.69 Å². The van der Waals surface area contributed by atoms with Crippen LogP contribution in [0.25, 0.3) is 11.1 Å². The summed E-state index contributed by atoms with van der Waals surface area (Å²) in [6.45, 7) is 0. The van der Waals surface area contributed by atoms with E-state index in [1.165, 1.54) is 12.1 Å². The topological polar surface area (TPSA) is 43.1 Å². The number of nitro benzene ring substituents is 1. The lowest BCUT2D eigenvalue weighted by molar-refractivity contribution is -0.384. The molecule has 1 atom stereocenters. The van der Waals surface area contributed by atoms with Crippen molar-refractivity contribution in [2.24, 2.45) is 0 Å². The summed E-state index contributed by atoms with van der Waals surface area (Å²) in [5.41, 5.74) is 4.39. The van der Waals surface area contributed by atoms with Crippen LogP contribution in [0.2, 0.25) is 5.02 Å². The highest BCUT2D eigenvalue weighted by molar-refractivity contribution is 9.11. The minimum Gasteiger partial charge on any atom is -0.258 e. The first-order chi connectivity index (χ1) is 12.6. The number of benzene rings is 3. The zero-order valence-corrected chi connectivity index (χ0v) is 16.0. The van der Waals surface area contributed by atoms with Crippen molar-refractivity contribution in [3.63, 3.8) is 0 Å². The van der Waals surface area contributed by atoms with Crippen LogP contribution in [-0.2, 0) is 0 Å². The fourth-order valence-electron chi connectivity index (χ4n) is 2.82. The van der Waals surface area contributed by atoms with Crippen molar-refractivity contribution >= 4 is 33.2 Å². The molecule has 0 aromatic heterocycles. The van der Waals surface area contributed by atoms with Crippen LogP contribution >= 0.6 is 27.5 Å². The molecule has 0 aliphatic rings. The standard InChI is InChI=1S/C21H15BrClNO2/c22-14-13-21(18-7-11-20(12-8-18)24(25)26)17-3-1-15(2-4-17)16-5-9-19(23)10-6-16/h1-14,21H. The molecule has 26 heavy (non-hydrogen) atoms. The Hall–Kier alpha value is -2.43. The van der Waals surface area contributed by atoms with Crippen molar-refractivity contribution in [3.8, 4) is 11.1 Å². The zero-order valence-electron chi connectivity index (χ0n) is 13.7. The summed E-state index contributed by atoms with van der Waals surface area (Å²) in [7, 11) is 0. The second-order valence-corrected chi connectivity index (χ2v) is 6.74. The van der Waals surface area contributed by atoms with Crippen LogP contribution in [0.5, 0.6) is 0 Å². The Balaban J connectivity index is 1.90. The van der Waals surface area contributed by atoms with Crippen molar-refractivity contribution in [2.45, 2.75) is 5.92 Å². The van der Waals surface area contributed by atoms with Gasteiger partial charge < -0.3 is 0 Å². The Bertz CT molecular complexity index is 920. The maximum absolute atomic E-state index is 10.8. The summed E-state index contributed by atoms with van der Waals surface area (Å²) in [4.78, 5) is 12.3. The first-order valence-electron chi connectivity index (χ1n) is 7.95. The molecular formula is C21H15BrClNO2. The molecule has 3 aromatic rings. The minimum absolute atomic E-state index is 0.00875. The molecule has 3 nitrogen and oxygen atoms in total. The molecule has 0 heterocycles. The quantitative estimate of drug-likeness (QED) is 0.326. The molecule has 0 saturated heterocycles. The van der Waals surface area contributed by atoms with E-state index in [0.29, 0.717) is 5.02 Å². The van der Waals surface area contributed by atoms with Crippen molar-refractivity contribution in [1.82, 2.24) is 0 Å². The van der Waals surface area contributed by atoms with Crippen molar-refractivity contribution in [3.05, 3.63) is 110 Å². The Kier molecular flexibility index (Phi) is 5.86. The molecule has 0 fully saturated rings. The van der Waals surface area contributed by atoms with Gasteiger partial charge >= 0.3 is 0 Å². The molecule has 0 radical (unpaired) electrons. The summed E-state index contributed by atoms with van der Waals surface area (Å²) in [5.74, 6) is 0.00875. The fraction of sp³-hybridized carbons (Fsp3) is 0.0476. The van der Waals surface area contributed by atoms with Gasteiger partial charge in [-0.05, 0) is 39.4 Å². The van der Waals surface area contributed by atoms with Crippen LogP contribution in [0.4, 0.5) is 5.69 Å². The fourth-order valence-corrected chi connectivity index (χ4v) is 3.25. The van der Waals surface area contributed by atoms with E-state index in [0.717, 1.165) is 22.3 Å². The molecule has 130 valence electrons. The second-order valence-electron chi connectivity index (χ2n) is 5.77. The Morgan fingerprint density at radius 1 is 0.846 bits per heavy atom. The van der Waals surface area contributed by atoms with Gasteiger partial charge in [0.2, 0.25) is 0 Å². The Morgan fingerprint density at radius 3 is 1.77 bits per heavy atom. The molecule has 5 heteroatoms. The molecular weight excluding hydrogens is 414 g/mol. The highest BCUT2D eigenvalue weighted by Crippen LogP contribution is 2.30. The van der Waals surface area contributed by atoms with Crippen molar-refractivity contribution in [2.75, 3.05) is 0 Å². The molecule has 3 rings (SSSR count). The van der Waals surface area contributed by atoms with Crippen LogP contribution < -0.4 is 0 Å². The van der Waals surface area contributed by atoms with E-state index in [-0.39, 0.29) is 16.5 Å². The normalized spacial score (nSPS) is 12.2. The van der Waals surface area contributed by atoms with Gasteiger partial charge in [0.05, 0.1) is 4.92 Å². The first kappa shape index (κ1) is 18.4. The van der Waals surface area contributed by atoms with Crippen LogP contribution in [0.15, 0.2) is 83.9 Å². The van der Waals surface area contributed by atoms with E-state index in [4.69, 9.17) is 11.6 Å². The van der Waals surface area contributed by atoms with E-state index in [1.807, 2.05) is 35.3 Å². The summed E-state index contributed by atoms with van der Waals surface area (Å²) < 4.78 is 0. The monoisotopic (exact) mass is 427 g/mol. The lowest BCUT2D eigenvalue weighted by Crippen LogP contribution is -1.98. The van der Waals surface area contributed by atoms with Gasteiger partial charge in [0.15, 0.2) is 0 Å². The van der Waals surface area contributed by atoms with Gasteiger partial charge in [-0.15, -0.1) is 0 Å². The zero-order chi connectivity index (χ0) is 18.5. The van der Waals surface area contributed by atoms with Crippen molar-refractivity contribution in [1.29, 1.82) is 0 Å². The summed E-state index contributed by atoms with van der Waals surface area (Å²) in [6.07, 6.45) is 2.01. The van der Waals surface area contributed by atoms with Gasteiger partial charge in [-0.1, -0.05) is 82.1 Å². The maximum Gasteiger partial charge on any atom is 0.269 e. The summed E-state index contributed by atoms with van der Waals surface area (Å²) in [5, 5.41) is 11.6. The molecule has 3 aromatic carbocycles. The third kappa shape index (κ3) is 4.21. The third-order valence-corrected chi connectivity index (χ3v) is 4.73. The number of nitro groups is 1. The lowest BCUT2D eigenvalue weighted by Gasteiger charge is -2.14. The molecule has 0 N–H and O–H groups in total. The number of halogens is 2. The molecule has 0 bridgehead atoms. The predicted octanol–water partition coefficient (Wildman–Crippen LogP) is 6.96. The average molecular weight is 429 g/mol. The third-order valence-electron chi connectivity index (χ3n) is 4.18. The van der Waals surface area contributed by atoms with Crippen LogP contribution in [-0.4, -0.2) is 4.92 Å². The van der Waals surface area contributed by atoms with Crippen molar-refractivity contribution < 1.29 is 4.92 Å². The average Bonchev–Trinajstić information content (AvgIpc) is 2.67. The van der Waals surface area contributed by atoms with Crippen LogP contribution in [0, 0.1) is 10.1 Å². The lowest BCUT2D eigenvalue weighted by atomic mass is 9.90. The molecule has 0 spiro atoms. The first-order valence-corrected chi connectivity index (χ1v) is 9.25. The molecule has 1 unspecified atom stereocenters. The van der Waals surface area contributed by atoms with Crippen LogP contribution in [0.3, 0.4) is 0 Å². The minimum atomic E-state index is -0.389. The number of hydrogen-bond acceptors (Lipinski definition) is 2. The molecule has 0 saturated carbocycles. The number of non-ortho nitro benzene ring substituents is 1. The maximum atomic E-state index is 10.8. The second kappa shape index (κ2) is 8.30. The van der Waals surface area contributed by atoms with E-state index in [1.54, 1.807) is 12.1 Å². The van der Waals surface area contributed by atoms with Crippen LogP contribution in [0.1, 0.15) is 17.0 Å². The number of allylic oxidation sites excluding steroid dienone is 1. The van der Waals surface area contributed by atoms with Gasteiger partial charge in [-0.2, -0.15) is 0 Å². The Morgan fingerprint density at radius 2 is 1.31 bits per heavy atom. The van der Waals surface area contributed by atoms with E-state index in [9.17, 15) is 10.1 Å². The van der Waals surface area contributed by atoms with E-state index in [2.05, 4.69) is 40.2 Å². The molecule has 0 amide bonds. The Labute approximate surface area is 165 Å². The number of nitrogens with zero attached hydrogens (tertiary/aromatic N) is 1. The summed E-state index contributed by atoms with van der Waals surface area (Å²) >= 11 is 9.28.